The Morgan fingerprint density at radius 2 is 1.82 bits per heavy atom. The first-order valence-corrected chi connectivity index (χ1v) is 12.2. The smallest absolute Gasteiger partial charge is 0.381 e. The van der Waals surface area contributed by atoms with Gasteiger partial charge in [-0.15, -0.1) is 0 Å². The summed E-state index contributed by atoms with van der Waals surface area (Å²) in [6.07, 6.45) is -1.41. The number of sulfone groups is 1. The summed E-state index contributed by atoms with van der Waals surface area (Å²) in [5, 5.41) is 0. The predicted octanol–water partition coefficient (Wildman–Crippen LogP) is 5.01. The monoisotopic (exact) mass is 481 g/mol. The minimum atomic E-state index is -4.84. The molecule has 178 valence electrons. The second-order valence-corrected chi connectivity index (χ2v) is 11.3. The fraction of sp³-hybridized carbons (Fsp3) is 0.478. The van der Waals surface area contributed by atoms with Gasteiger partial charge >= 0.3 is 6.18 Å². The number of pyridine rings is 1. The van der Waals surface area contributed by atoms with Crippen molar-refractivity contribution < 1.29 is 26.3 Å². The molecule has 1 aliphatic rings. The summed E-state index contributed by atoms with van der Waals surface area (Å²) in [5.74, 6) is 1.21. The van der Waals surface area contributed by atoms with Crippen LogP contribution in [0.1, 0.15) is 45.0 Å². The number of fused-ring (bicyclic) bond motifs is 1. The summed E-state index contributed by atoms with van der Waals surface area (Å²) in [4.78, 5) is 7.13. The van der Waals surface area contributed by atoms with Crippen LogP contribution in [-0.4, -0.2) is 36.2 Å². The lowest BCUT2D eigenvalue weighted by atomic mass is 9.94. The largest absolute Gasteiger partial charge is 0.419 e. The Morgan fingerprint density at radius 1 is 1.12 bits per heavy atom. The van der Waals surface area contributed by atoms with Crippen LogP contribution in [0, 0.1) is 5.92 Å². The van der Waals surface area contributed by atoms with Gasteiger partial charge in [0.2, 0.25) is 9.84 Å². The number of imidazole rings is 1. The Labute approximate surface area is 190 Å². The first-order chi connectivity index (χ1) is 15.4. The van der Waals surface area contributed by atoms with Crippen molar-refractivity contribution in [3.63, 3.8) is 0 Å². The minimum absolute atomic E-state index is 0.233. The van der Waals surface area contributed by atoms with E-state index in [2.05, 4.69) is 9.55 Å². The van der Waals surface area contributed by atoms with Gasteiger partial charge in [0.1, 0.15) is 5.82 Å². The molecular weight excluding hydrogens is 455 g/mol. The van der Waals surface area contributed by atoms with Gasteiger partial charge in [0.15, 0.2) is 0 Å². The van der Waals surface area contributed by atoms with Gasteiger partial charge in [0, 0.05) is 37.6 Å². The van der Waals surface area contributed by atoms with Crippen LogP contribution in [0.3, 0.4) is 0 Å². The zero-order valence-electron chi connectivity index (χ0n) is 18.7. The molecule has 1 aromatic carbocycles. The van der Waals surface area contributed by atoms with Crippen molar-refractivity contribution in [2.75, 3.05) is 13.2 Å². The molecule has 0 atom stereocenters. The number of hydrogen-bond donors (Lipinski definition) is 0. The van der Waals surface area contributed by atoms with Crippen molar-refractivity contribution in [3.05, 3.63) is 48.0 Å². The number of alkyl halides is 3. The summed E-state index contributed by atoms with van der Waals surface area (Å²) in [6, 6.07) is 5.23. The molecule has 4 rings (SSSR count). The van der Waals surface area contributed by atoms with E-state index in [1.54, 1.807) is 6.07 Å². The maximum atomic E-state index is 13.4. The van der Waals surface area contributed by atoms with Crippen LogP contribution in [0.25, 0.3) is 11.0 Å². The molecule has 0 N–H and O–H groups in total. The topological polar surface area (TPSA) is 74.1 Å². The van der Waals surface area contributed by atoms with E-state index in [0.29, 0.717) is 30.8 Å². The fourth-order valence-corrected chi connectivity index (χ4v) is 5.64. The average Bonchev–Trinajstić information content (AvgIpc) is 3.12. The van der Waals surface area contributed by atoms with Crippen LogP contribution in [0.4, 0.5) is 13.2 Å². The first kappa shape index (κ1) is 23.7. The molecule has 10 heteroatoms. The van der Waals surface area contributed by atoms with Gasteiger partial charge < -0.3 is 9.30 Å². The fourth-order valence-electron chi connectivity index (χ4n) is 4.18. The molecule has 0 bridgehead atoms. The Morgan fingerprint density at radius 3 is 2.45 bits per heavy atom. The molecule has 6 nitrogen and oxygen atoms in total. The van der Waals surface area contributed by atoms with E-state index in [9.17, 15) is 21.6 Å². The van der Waals surface area contributed by atoms with E-state index in [-0.39, 0.29) is 10.3 Å². The number of ether oxygens (including phenoxy) is 1. The summed E-state index contributed by atoms with van der Waals surface area (Å²) in [6.45, 7) is 8.22. The Bertz CT molecular complexity index is 1270. The second kappa shape index (κ2) is 8.39. The van der Waals surface area contributed by atoms with Gasteiger partial charge in [-0.3, -0.25) is 4.98 Å². The lowest BCUT2D eigenvalue weighted by Gasteiger charge is -2.26. The SMILES string of the molecule is CC(C)(C)c1nc2cc(S(=O)(=O)c3ccncc3C(F)(F)F)ccc2n1CC1CCOCC1. The first-order valence-electron chi connectivity index (χ1n) is 10.7. The van der Waals surface area contributed by atoms with Crippen LogP contribution < -0.4 is 0 Å². The molecule has 1 aliphatic heterocycles. The Kier molecular flexibility index (Phi) is 6.03. The summed E-state index contributed by atoms with van der Waals surface area (Å²) in [7, 11) is -4.44. The molecule has 0 radical (unpaired) electrons. The number of aromatic nitrogens is 3. The third-order valence-electron chi connectivity index (χ3n) is 5.86. The standard InChI is InChI=1S/C23H26F3N3O3S/c1-22(2,3)21-28-18-12-16(4-5-19(18)29(21)14-15-7-10-32-11-8-15)33(30,31)20-6-9-27-13-17(20)23(24,25)26/h4-6,9,12-13,15H,7-8,10-11,14H2,1-3H3. The van der Waals surface area contributed by atoms with Gasteiger partial charge in [0.25, 0.3) is 0 Å². The number of rotatable bonds is 4. The molecular formula is C23H26F3N3O3S. The molecule has 0 saturated carbocycles. The molecule has 0 unspecified atom stereocenters. The maximum Gasteiger partial charge on any atom is 0.419 e. The van der Waals surface area contributed by atoms with Gasteiger partial charge in [-0.2, -0.15) is 13.2 Å². The summed E-state index contributed by atoms with van der Waals surface area (Å²) in [5.41, 5.74) is -0.394. The molecule has 3 heterocycles. The zero-order valence-corrected chi connectivity index (χ0v) is 19.5. The highest BCUT2D eigenvalue weighted by Crippen LogP contribution is 2.37. The third kappa shape index (κ3) is 4.63. The van der Waals surface area contributed by atoms with Crippen molar-refractivity contribution in [1.29, 1.82) is 0 Å². The van der Waals surface area contributed by atoms with Crippen molar-refractivity contribution in [1.82, 2.24) is 14.5 Å². The van der Waals surface area contributed by atoms with Crippen molar-refractivity contribution in [2.24, 2.45) is 5.92 Å². The average molecular weight is 482 g/mol. The Hall–Kier alpha value is -2.46. The third-order valence-corrected chi connectivity index (χ3v) is 7.67. The van der Waals surface area contributed by atoms with E-state index in [4.69, 9.17) is 9.72 Å². The van der Waals surface area contributed by atoms with Crippen molar-refractivity contribution >= 4 is 20.9 Å². The van der Waals surface area contributed by atoms with Gasteiger partial charge in [-0.25, -0.2) is 13.4 Å². The second-order valence-electron chi connectivity index (χ2n) is 9.38. The van der Waals surface area contributed by atoms with E-state index in [1.807, 2.05) is 20.8 Å². The molecule has 0 aliphatic carbocycles. The van der Waals surface area contributed by atoms with Crippen LogP contribution in [-0.2, 0) is 32.7 Å². The molecule has 0 spiro atoms. The van der Waals surface area contributed by atoms with E-state index in [1.165, 1.54) is 12.1 Å². The van der Waals surface area contributed by atoms with Crippen LogP contribution >= 0.6 is 0 Å². The number of benzene rings is 1. The molecule has 2 aromatic heterocycles. The highest BCUT2D eigenvalue weighted by atomic mass is 32.2. The molecule has 33 heavy (non-hydrogen) atoms. The van der Waals surface area contributed by atoms with E-state index >= 15 is 0 Å². The Balaban J connectivity index is 1.82. The van der Waals surface area contributed by atoms with Gasteiger partial charge in [-0.1, -0.05) is 20.8 Å². The summed E-state index contributed by atoms with van der Waals surface area (Å²) >= 11 is 0. The van der Waals surface area contributed by atoms with Crippen molar-refractivity contribution in [3.8, 4) is 0 Å². The predicted molar refractivity (Wildman–Crippen MR) is 117 cm³/mol. The van der Waals surface area contributed by atoms with Crippen LogP contribution in [0.2, 0.25) is 0 Å². The lowest BCUT2D eigenvalue weighted by Crippen LogP contribution is -2.25. The maximum absolute atomic E-state index is 13.4. The molecule has 0 amide bonds. The quantitative estimate of drug-likeness (QED) is 0.524. The molecule has 1 saturated heterocycles. The molecule has 1 fully saturated rings. The van der Waals surface area contributed by atoms with E-state index < -0.39 is 26.5 Å². The zero-order chi connectivity index (χ0) is 24.0. The lowest BCUT2D eigenvalue weighted by molar-refractivity contribution is -0.140. The van der Waals surface area contributed by atoms with Gasteiger partial charge in [-0.05, 0) is 43.0 Å². The van der Waals surface area contributed by atoms with Crippen LogP contribution in [0.5, 0.6) is 0 Å². The van der Waals surface area contributed by atoms with Crippen LogP contribution in [0.15, 0.2) is 46.5 Å². The normalized spacial score (nSPS) is 16.4. The highest BCUT2D eigenvalue weighted by Gasteiger charge is 2.38. The molecule has 3 aromatic rings. The number of halogens is 3. The van der Waals surface area contributed by atoms with Gasteiger partial charge in [0.05, 0.1) is 26.4 Å². The van der Waals surface area contributed by atoms with Crippen molar-refractivity contribution in [2.45, 2.75) is 61.5 Å². The minimum Gasteiger partial charge on any atom is -0.381 e. The number of hydrogen-bond acceptors (Lipinski definition) is 5. The number of nitrogens with zero attached hydrogens (tertiary/aromatic N) is 3. The van der Waals surface area contributed by atoms with E-state index in [0.717, 1.165) is 43.0 Å². The summed E-state index contributed by atoms with van der Waals surface area (Å²) < 4.78 is 74.2. The highest BCUT2D eigenvalue weighted by molar-refractivity contribution is 7.91.